The van der Waals surface area contributed by atoms with E-state index < -0.39 is 17.6 Å². The first-order valence-electron chi connectivity index (χ1n) is 12.1. The van der Waals surface area contributed by atoms with E-state index in [2.05, 4.69) is 6.92 Å². The summed E-state index contributed by atoms with van der Waals surface area (Å²) in [5.41, 5.74) is -0.799. The van der Waals surface area contributed by atoms with Crippen LogP contribution in [0.1, 0.15) is 111 Å². The second-order valence-electron chi connectivity index (χ2n) is 12.0. The number of hydrogen-bond acceptors (Lipinski definition) is 6. The van der Waals surface area contributed by atoms with Crippen molar-refractivity contribution in [2.24, 2.45) is 0 Å². The van der Waals surface area contributed by atoms with Crippen molar-refractivity contribution in [1.82, 2.24) is 0 Å². The van der Waals surface area contributed by atoms with Gasteiger partial charge in [0.05, 0.1) is 16.8 Å². The second-order valence-corrected chi connectivity index (χ2v) is 17.2. The third-order valence-corrected chi connectivity index (χ3v) is 9.46. The van der Waals surface area contributed by atoms with Crippen LogP contribution < -0.4 is 0 Å². The lowest BCUT2D eigenvalue weighted by Gasteiger charge is -2.41. The van der Waals surface area contributed by atoms with Crippen LogP contribution in [0.2, 0.25) is 12.6 Å². The first-order valence-corrected chi connectivity index (χ1v) is 16.2. The van der Waals surface area contributed by atoms with Crippen LogP contribution in [-0.4, -0.2) is 52.7 Å². The number of hydrogen-bond donors (Lipinski definition) is 0. The minimum Gasteiger partial charge on any atom is -0.371 e. The molecule has 0 aromatic carbocycles. The summed E-state index contributed by atoms with van der Waals surface area (Å²) in [7, 11) is -5.11. The quantitative estimate of drug-likeness (QED) is 0.298. The SMILES string of the molecule is CC(C)(C)O[Si](C)(OC(C)(C)C)OC(C)(C)C.CC[Si](OC(C)C)(OC(C)C)OC(C)C. The molecule has 0 radical (unpaired) electrons. The fourth-order valence-corrected chi connectivity index (χ4v) is 9.43. The van der Waals surface area contributed by atoms with E-state index in [-0.39, 0.29) is 35.1 Å². The van der Waals surface area contributed by atoms with Crippen molar-refractivity contribution in [2.75, 3.05) is 0 Å². The Bertz CT molecular complexity index is 435. The van der Waals surface area contributed by atoms with Crippen molar-refractivity contribution in [3.8, 4) is 0 Å². The molecule has 0 spiro atoms. The summed E-state index contributed by atoms with van der Waals surface area (Å²) in [6.45, 7) is 34.4. The van der Waals surface area contributed by atoms with E-state index in [0.717, 1.165) is 6.04 Å². The first kappa shape index (κ1) is 34.4. The van der Waals surface area contributed by atoms with E-state index in [0.29, 0.717) is 0 Å². The molecule has 0 aliphatic heterocycles. The largest absolute Gasteiger partial charge is 0.501 e. The highest BCUT2D eigenvalue weighted by atomic mass is 28.4. The molecule has 0 aliphatic carbocycles. The third-order valence-electron chi connectivity index (χ3n) is 3.15. The average molecular weight is 497 g/mol. The van der Waals surface area contributed by atoms with Crippen molar-refractivity contribution in [3.05, 3.63) is 0 Å². The van der Waals surface area contributed by atoms with Crippen LogP contribution in [0, 0.1) is 0 Å². The Morgan fingerprint density at radius 1 is 0.531 bits per heavy atom. The van der Waals surface area contributed by atoms with Gasteiger partial charge in [-0.1, -0.05) is 6.92 Å². The lowest BCUT2D eigenvalue weighted by atomic mass is 10.2. The molecule has 0 bridgehead atoms. The van der Waals surface area contributed by atoms with Gasteiger partial charge in [-0.2, -0.15) is 0 Å². The molecule has 0 rings (SSSR count). The topological polar surface area (TPSA) is 55.4 Å². The molecular weight excluding hydrogens is 440 g/mol. The van der Waals surface area contributed by atoms with E-state index in [9.17, 15) is 0 Å². The van der Waals surface area contributed by atoms with Crippen molar-refractivity contribution in [2.45, 2.75) is 158 Å². The van der Waals surface area contributed by atoms with Crippen molar-refractivity contribution in [1.29, 1.82) is 0 Å². The summed E-state index contributed by atoms with van der Waals surface area (Å²) in [6, 6.07) is 0.821. The fraction of sp³-hybridized carbons (Fsp3) is 1.00. The van der Waals surface area contributed by atoms with Crippen molar-refractivity contribution >= 4 is 17.6 Å². The van der Waals surface area contributed by atoms with E-state index in [1.54, 1.807) is 0 Å². The van der Waals surface area contributed by atoms with Crippen LogP contribution >= 0.6 is 0 Å². The normalized spacial score (nSPS) is 14.2. The minimum absolute atomic E-state index is 0.147. The van der Waals surface area contributed by atoms with E-state index in [4.69, 9.17) is 26.6 Å². The van der Waals surface area contributed by atoms with Gasteiger partial charge in [0.1, 0.15) is 0 Å². The average Bonchev–Trinajstić information content (AvgIpc) is 2.37. The van der Waals surface area contributed by atoms with Crippen LogP contribution in [0.25, 0.3) is 0 Å². The smallest absolute Gasteiger partial charge is 0.371 e. The Morgan fingerprint density at radius 3 is 0.875 bits per heavy atom. The Labute approximate surface area is 202 Å². The van der Waals surface area contributed by atoms with Gasteiger partial charge in [0, 0.05) is 30.9 Å². The zero-order chi connectivity index (χ0) is 26.2. The van der Waals surface area contributed by atoms with Crippen LogP contribution in [0.3, 0.4) is 0 Å². The Morgan fingerprint density at radius 2 is 0.750 bits per heavy atom. The summed E-state index contributed by atoms with van der Waals surface area (Å²) >= 11 is 0. The molecule has 0 aromatic rings. The van der Waals surface area contributed by atoms with Gasteiger partial charge in [-0.15, -0.1) is 0 Å². The molecule has 0 N–H and O–H groups in total. The molecule has 0 saturated heterocycles. The predicted octanol–water partition coefficient (Wildman–Crippen LogP) is 7.22. The molecule has 32 heavy (non-hydrogen) atoms. The molecule has 0 atom stereocenters. The Hall–Kier alpha value is 0.194. The molecule has 0 unspecified atom stereocenters. The fourth-order valence-electron chi connectivity index (χ4n) is 3.14. The van der Waals surface area contributed by atoms with Gasteiger partial charge in [-0.3, -0.25) is 0 Å². The van der Waals surface area contributed by atoms with E-state index in [1.165, 1.54) is 0 Å². The maximum absolute atomic E-state index is 6.07. The molecule has 0 fully saturated rings. The zero-order valence-corrected chi connectivity index (χ0v) is 26.4. The van der Waals surface area contributed by atoms with Gasteiger partial charge in [-0.25, -0.2) is 0 Å². The highest BCUT2D eigenvalue weighted by Crippen LogP contribution is 2.28. The monoisotopic (exact) mass is 496 g/mol. The summed E-state index contributed by atoms with van der Waals surface area (Å²) in [4.78, 5) is 0. The highest BCUT2D eigenvalue weighted by molar-refractivity contribution is 6.60. The number of rotatable bonds is 10. The van der Waals surface area contributed by atoms with Gasteiger partial charge >= 0.3 is 17.6 Å². The molecular formula is C24H56O6Si2. The summed E-state index contributed by atoms with van der Waals surface area (Å²) < 4.78 is 35.9. The Balaban J connectivity index is 0. The van der Waals surface area contributed by atoms with Crippen molar-refractivity contribution in [3.63, 3.8) is 0 Å². The second kappa shape index (κ2) is 13.3. The lowest BCUT2D eigenvalue weighted by Crippen LogP contribution is -2.54. The van der Waals surface area contributed by atoms with Crippen LogP contribution in [-0.2, 0) is 26.6 Å². The van der Waals surface area contributed by atoms with Gasteiger partial charge in [0.25, 0.3) is 0 Å². The van der Waals surface area contributed by atoms with Gasteiger partial charge in [0.2, 0.25) is 0 Å². The highest BCUT2D eigenvalue weighted by Gasteiger charge is 2.45. The standard InChI is InChI=1S/C13H30O3Si.C11H26O3Si/c1-11(2,3)14-17(10,15-12(4,5)6)16-13(7,8)9;1-8-15(12-9(2)3,13-10(4)5)14-11(6)7/h1-10H3;9-11H,8H2,1-7H3. The molecule has 6 nitrogen and oxygen atoms in total. The van der Waals surface area contributed by atoms with Crippen LogP contribution in [0.4, 0.5) is 0 Å². The molecule has 8 heteroatoms. The van der Waals surface area contributed by atoms with Crippen LogP contribution in [0.15, 0.2) is 0 Å². The van der Waals surface area contributed by atoms with Crippen molar-refractivity contribution < 1.29 is 26.6 Å². The zero-order valence-electron chi connectivity index (χ0n) is 24.4. The van der Waals surface area contributed by atoms with Gasteiger partial charge < -0.3 is 26.6 Å². The van der Waals surface area contributed by atoms with Crippen LogP contribution in [0.5, 0.6) is 0 Å². The summed E-state index contributed by atoms with van der Waals surface area (Å²) in [5.74, 6) is 0. The molecule has 0 heterocycles. The summed E-state index contributed by atoms with van der Waals surface area (Å²) in [6.07, 6.45) is 0.442. The maximum Gasteiger partial charge on any atom is 0.501 e. The van der Waals surface area contributed by atoms with Gasteiger partial charge in [-0.05, 0) is 104 Å². The first-order chi connectivity index (χ1) is 13.9. The third kappa shape index (κ3) is 19.6. The van der Waals surface area contributed by atoms with E-state index in [1.807, 2.05) is 110 Å². The molecule has 0 amide bonds. The molecule has 196 valence electrons. The van der Waals surface area contributed by atoms with E-state index >= 15 is 0 Å². The molecule has 0 aromatic heterocycles. The minimum atomic E-state index is -2.66. The molecule has 0 aliphatic rings. The van der Waals surface area contributed by atoms with Gasteiger partial charge in [0.15, 0.2) is 0 Å². The lowest BCUT2D eigenvalue weighted by molar-refractivity contribution is -0.0708. The predicted molar refractivity (Wildman–Crippen MR) is 139 cm³/mol. The maximum atomic E-state index is 6.07. The molecule has 0 saturated carbocycles. The Kier molecular flexibility index (Phi) is 14.3. The summed E-state index contributed by atoms with van der Waals surface area (Å²) in [5, 5.41) is 0.